The monoisotopic (exact) mass is 537 g/mol. The van der Waals surface area contributed by atoms with Gasteiger partial charge in [-0.25, -0.2) is 17.6 Å². The van der Waals surface area contributed by atoms with Gasteiger partial charge in [-0.3, -0.25) is 4.72 Å². The van der Waals surface area contributed by atoms with Gasteiger partial charge in [0, 0.05) is 24.8 Å². The first-order valence-corrected chi connectivity index (χ1v) is 14.2. The molecular formula is C29H32FN3O4S. The topological polar surface area (TPSA) is 87.7 Å². The minimum absolute atomic E-state index is 0.00439. The van der Waals surface area contributed by atoms with Crippen LogP contribution in [-0.4, -0.2) is 26.0 Å². The maximum atomic E-state index is 14.6. The molecule has 38 heavy (non-hydrogen) atoms. The van der Waals surface area contributed by atoms with Crippen molar-refractivity contribution < 1.29 is 22.3 Å². The number of ether oxygens (including phenoxy) is 1. The van der Waals surface area contributed by atoms with Crippen LogP contribution in [0.5, 0.6) is 5.75 Å². The molecule has 7 nitrogen and oxygen atoms in total. The van der Waals surface area contributed by atoms with E-state index in [1.807, 2.05) is 24.3 Å². The van der Waals surface area contributed by atoms with Crippen molar-refractivity contribution in [1.29, 1.82) is 0 Å². The summed E-state index contributed by atoms with van der Waals surface area (Å²) in [4.78, 5) is 14.5. The number of nitrogens with one attached hydrogen (secondary N) is 2. The van der Waals surface area contributed by atoms with Crippen LogP contribution in [0.1, 0.15) is 50.3 Å². The lowest BCUT2D eigenvalue weighted by molar-refractivity contribution is 0.212. The lowest BCUT2D eigenvalue weighted by atomic mass is 9.87. The van der Waals surface area contributed by atoms with Crippen LogP contribution >= 0.6 is 0 Å². The van der Waals surface area contributed by atoms with Crippen molar-refractivity contribution in [2.75, 3.05) is 16.6 Å². The summed E-state index contributed by atoms with van der Waals surface area (Å²) in [6, 6.07) is 16.3. The Morgan fingerprint density at radius 3 is 2.37 bits per heavy atom. The first-order valence-electron chi connectivity index (χ1n) is 12.7. The lowest BCUT2D eigenvalue weighted by Crippen LogP contribution is -2.30. The van der Waals surface area contributed by atoms with E-state index >= 15 is 0 Å². The van der Waals surface area contributed by atoms with Gasteiger partial charge in [0.1, 0.15) is 5.75 Å². The van der Waals surface area contributed by atoms with E-state index in [2.05, 4.69) is 30.8 Å². The second kappa shape index (κ2) is 9.94. The van der Waals surface area contributed by atoms with E-state index in [0.717, 1.165) is 24.0 Å². The predicted molar refractivity (Wildman–Crippen MR) is 145 cm³/mol. The van der Waals surface area contributed by atoms with E-state index < -0.39 is 15.8 Å². The fourth-order valence-electron chi connectivity index (χ4n) is 4.31. The molecule has 200 valence electrons. The van der Waals surface area contributed by atoms with Crippen LogP contribution in [0.2, 0.25) is 0 Å². The molecule has 2 N–H and O–H groups in total. The number of sulfonamides is 1. The molecule has 0 radical (unpaired) electrons. The summed E-state index contributed by atoms with van der Waals surface area (Å²) < 4.78 is 48.5. The second-order valence-electron chi connectivity index (χ2n) is 11.0. The van der Waals surface area contributed by atoms with Gasteiger partial charge >= 0.3 is 6.03 Å². The third-order valence-corrected chi connectivity index (χ3v) is 8.23. The van der Waals surface area contributed by atoms with Crippen LogP contribution in [-0.2, 0) is 28.5 Å². The van der Waals surface area contributed by atoms with Gasteiger partial charge in [0.15, 0.2) is 5.82 Å². The van der Waals surface area contributed by atoms with E-state index in [4.69, 9.17) is 4.74 Å². The van der Waals surface area contributed by atoms with Gasteiger partial charge in [-0.05, 0) is 77.3 Å². The summed E-state index contributed by atoms with van der Waals surface area (Å²) in [6.45, 7) is 7.56. The number of nitrogens with zero attached hydrogens (tertiary/aromatic N) is 1. The Kier molecular flexibility index (Phi) is 6.81. The molecule has 1 aliphatic carbocycles. The molecule has 0 aromatic heterocycles. The SMILES string of the molecule is CC(C)(C)c1ccc(NC(=O)N2Cc3ccc(S(=O)(=O)Nc4ccc(OCC5CC5)cc4F)cc3C2)cc1. The number of carbonyl (C=O) groups is 1. The smallest absolute Gasteiger partial charge is 0.322 e. The van der Waals surface area contributed by atoms with Crippen molar-refractivity contribution in [3.8, 4) is 5.75 Å². The Labute approximate surface area is 223 Å². The first kappa shape index (κ1) is 26.0. The molecule has 1 saturated carbocycles. The van der Waals surface area contributed by atoms with Crippen LogP contribution in [0.4, 0.5) is 20.6 Å². The minimum atomic E-state index is -4.04. The number of benzene rings is 3. The maximum Gasteiger partial charge on any atom is 0.322 e. The molecule has 1 aliphatic heterocycles. The fraction of sp³-hybridized carbons (Fsp3) is 0.345. The number of hydrogen-bond acceptors (Lipinski definition) is 4. The summed E-state index contributed by atoms with van der Waals surface area (Å²) in [6.07, 6.45) is 2.24. The van der Waals surface area contributed by atoms with Gasteiger partial charge in [-0.15, -0.1) is 0 Å². The van der Waals surface area contributed by atoms with Gasteiger partial charge in [-0.1, -0.05) is 39.0 Å². The van der Waals surface area contributed by atoms with E-state index in [-0.39, 0.29) is 28.6 Å². The third kappa shape index (κ3) is 5.93. The van der Waals surface area contributed by atoms with Crippen molar-refractivity contribution >= 4 is 27.4 Å². The highest BCUT2D eigenvalue weighted by Crippen LogP contribution is 2.31. The highest BCUT2D eigenvalue weighted by Gasteiger charge is 2.27. The third-order valence-electron chi connectivity index (χ3n) is 6.87. The van der Waals surface area contributed by atoms with Gasteiger partial charge in [-0.2, -0.15) is 0 Å². The van der Waals surface area contributed by atoms with E-state index in [1.54, 1.807) is 17.0 Å². The molecule has 5 rings (SSSR count). The molecule has 1 fully saturated rings. The van der Waals surface area contributed by atoms with Crippen molar-refractivity contribution in [3.05, 3.63) is 83.2 Å². The summed E-state index contributed by atoms with van der Waals surface area (Å²) in [5.41, 5.74) is 3.33. The van der Waals surface area contributed by atoms with Gasteiger partial charge in [0.2, 0.25) is 0 Å². The first-order chi connectivity index (χ1) is 18.0. The van der Waals surface area contributed by atoms with Crippen LogP contribution in [0.25, 0.3) is 0 Å². The van der Waals surface area contributed by atoms with Gasteiger partial charge in [0.05, 0.1) is 17.2 Å². The molecule has 3 aromatic carbocycles. The van der Waals surface area contributed by atoms with E-state index in [9.17, 15) is 17.6 Å². The molecule has 0 atom stereocenters. The molecule has 0 saturated heterocycles. The lowest BCUT2D eigenvalue weighted by Gasteiger charge is -2.20. The molecule has 0 unspecified atom stereocenters. The fourth-order valence-corrected chi connectivity index (χ4v) is 5.43. The van der Waals surface area contributed by atoms with Crippen LogP contribution in [0, 0.1) is 11.7 Å². The van der Waals surface area contributed by atoms with Crippen molar-refractivity contribution in [1.82, 2.24) is 4.90 Å². The Morgan fingerprint density at radius 2 is 1.71 bits per heavy atom. The number of carbonyl (C=O) groups excluding carboxylic acids is 1. The normalized spacial score (nSPS) is 15.2. The Hall–Kier alpha value is -3.59. The van der Waals surface area contributed by atoms with Crippen LogP contribution < -0.4 is 14.8 Å². The highest BCUT2D eigenvalue weighted by atomic mass is 32.2. The quantitative estimate of drug-likeness (QED) is 0.372. The summed E-state index contributed by atoms with van der Waals surface area (Å²) in [5, 5.41) is 2.91. The average Bonchev–Trinajstić information content (AvgIpc) is 3.59. The Morgan fingerprint density at radius 1 is 1.00 bits per heavy atom. The molecule has 3 aromatic rings. The molecule has 9 heteroatoms. The average molecular weight is 538 g/mol. The number of halogens is 1. The predicted octanol–water partition coefficient (Wildman–Crippen LogP) is 6.26. The van der Waals surface area contributed by atoms with Crippen LogP contribution in [0.15, 0.2) is 65.6 Å². The van der Waals surface area contributed by atoms with Gasteiger partial charge < -0.3 is 15.0 Å². The van der Waals surface area contributed by atoms with Crippen molar-refractivity contribution in [2.24, 2.45) is 5.92 Å². The molecule has 2 amide bonds. The molecule has 0 bridgehead atoms. The minimum Gasteiger partial charge on any atom is -0.493 e. The number of urea groups is 1. The summed E-state index contributed by atoms with van der Waals surface area (Å²) in [7, 11) is -4.04. The number of rotatable bonds is 7. The van der Waals surface area contributed by atoms with Gasteiger partial charge in [0.25, 0.3) is 10.0 Å². The van der Waals surface area contributed by atoms with Crippen molar-refractivity contribution in [2.45, 2.75) is 57.0 Å². The molecule has 0 spiro atoms. The zero-order valence-corrected chi connectivity index (χ0v) is 22.6. The zero-order valence-electron chi connectivity index (χ0n) is 21.8. The number of anilines is 2. The van der Waals surface area contributed by atoms with E-state index in [1.165, 1.54) is 29.8 Å². The Bertz CT molecular complexity index is 1460. The molecule has 1 heterocycles. The number of fused-ring (bicyclic) bond motifs is 1. The highest BCUT2D eigenvalue weighted by molar-refractivity contribution is 7.92. The van der Waals surface area contributed by atoms with Crippen LogP contribution in [0.3, 0.4) is 0 Å². The number of amides is 2. The molecule has 2 aliphatic rings. The summed E-state index contributed by atoms with van der Waals surface area (Å²) >= 11 is 0. The largest absolute Gasteiger partial charge is 0.493 e. The van der Waals surface area contributed by atoms with E-state index in [0.29, 0.717) is 30.5 Å². The zero-order chi connectivity index (χ0) is 27.1. The molecular weight excluding hydrogens is 505 g/mol. The number of hydrogen-bond donors (Lipinski definition) is 2. The summed E-state index contributed by atoms with van der Waals surface area (Å²) in [5.74, 6) is 0.192. The maximum absolute atomic E-state index is 14.6. The standard InChI is InChI=1S/C29H32FN3O4S/c1-29(2,3)22-7-9-23(10-8-22)31-28(34)33-16-20-6-12-25(14-21(20)17-33)38(35,36)32-27-13-11-24(15-26(27)30)37-18-19-4-5-19/h6-15,19,32H,4-5,16-18H2,1-3H3,(H,31,34). The van der Waals surface area contributed by atoms with Crippen molar-refractivity contribution in [3.63, 3.8) is 0 Å². The second-order valence-corrected chi connectivity index (χ2v) is 12.7. The Balaban J connectivity index is 1.23.